The molecule has 2 amide bonds. The Morgan fingerprint density at radius 3 is 2.62 bits per heavy atom. The fourth-order valence-electron chi connectivity index (χ4n) is 1.56. The van der Waals surface area contributed by atoms with E-state index in [-0.39, 0.29) is 18.4 Å². The van der Waals surface area contributed by atoms with E-state index in [0.717, 1.165) is 5.56 Å². The second kappa shape index (κ2) is 8.14. The summed E-state index contributed by atoms with van der Waals surface area (Å²) in [6.45, 7) is 5.94. The predicted octanol–water partition coefficient (Wildman–Crippen LogP) is 2.32. The lowest BCUT2D eigenvalue weighted by Crippen LogP contribution is -2.33. The van der Waals surface area contributed by atoms with Crippen molar-refractivity contribution >= 4 is 17.7 Å². The minimum Gasteiger partial charge on any atom is -0.495 e. The summed E-state index contributed by atoms with van der Waals surface area (Å²) in [5, 5.41) is 5.08. The van der Waals surface area contributed by atoms with Gasteiger partial charge in [-0.1, -0.05) is 19.9 Å². The number of carbonyl (C=O) groups is 2. The van der Waals surface area contributed by atoms with Crippen molar-refractivity contribution in [3.63, 3.8) is 0 Å². The van der Waals surface area contributed by atoms with Crippen LogP contribution in [0.4, 0.5) is 10.5 Å². The van der Waals surface area contributed by atoms with Gasteiger partial charge < -0.3 is 20.1 Å². The van der Waals surface area contributed by atoms with E-state index in [9.17, 15) is 9.59 Å². The van der Waals surface area contributed by atoms with Gasteiger partial charge in [-0.15, -0.1) is 0 Å². The highest BCUT2D eigenvalue weighted by Crippen LogP contribution is 2.24. The standard InChI is InChI=1S/C15H22N2O4/c1-10(2)9-21-15(19)16-8-14(18)17-12-7-11(3)5-6-13(12)20-4/h5-7,10H,8-9H2,1-4H3,(H,16,19)(H,17,18). The highest BCUT2D eigenvalue weighted by molar-refractivity contribution is 5.95. The zero-order chi connectivity index (χ0) is 15.8. The molecular weight excluding hydrogens is 272 g/mol. The molecule has 1 aromatic carbocycles. The predicted molar refractivity (Wildman–Crippen MR) is 80.5 cm³/mol. The van der Waals surface area contributed by atoms with E-state index in [2.05, 4.69) is 10.6 Å². The number of benzene rings is 1. The molecular formula is C15H22N2O4. The summed E-state index contributed by atoms with van der Waals surface area (Å²) in [6, 6.07) is 5.46. The summed E-state index contributed by atoms with van der Waals surface area (Å²) in [5.74, 6) is 0.470. The molecule has 1 rings (SSSR count). The number of hydrogen-bond donors (Lipinski definition) is 2. The zero-order valence-corrected chi connectivity index (χ0v) is 12.9. The Labute approximate surface area is 124 Å². The second-order valence-electron chi connectivity index (χ2n) is 5.10. The molecule has 1 aromatic rings. The first kappa shape index (κ1) is 16.8. The fraction of sp³-hybridized carbons (Fsp3) is 0.467. The van der Waals surface area contributed by atoms with Gasteiger partial charge in [-0.3, -0.25) is 4.79 Å². The number of alkyl carbamates (subject to hydrolysis) is 1. The van der Waals surface area contributed by atoms with E-state index in [1.54, 1.807) is 12.1 Å². The molecule has 0 aliphatic carbocycles. The molecule has 0 saturated heterocycles. The molecule has 21 heavy (non-hydrogen) atoms. The van der Waals surface area contributed by atoms with Crippen molar-refractivity contribution in [2.75, 3.05) is 25.6 Å². The normalized spacial score (nSPS) is 10.1. The minimum absolute atomic E-state index is 0.159. The fourth-order valence-corrected chi connectivity index (χ4v) is 1.56. The number of hydrogen-bond acceptors (Lipinski definition) is 4. The number of carbonyl (C=O) groups excluding carboxylic acids is 2. The van der Waals surface area contributed by atoms with Gasteiger partial charge in [0.05, 0.1) is 19.4 Å². The van der Waals surface area contributed by atoms with E-state index >= 15 is 0 Å². The van der Waals surface area contributed by atoms with Gasteiger partial charge in [0.2, 0.25) is 5.91 Å². The number of ether oxygens (including phenoxy) is 2. The number of methoxy groups -OCH3 is 1. The van der Waals surface area contributed by atoms with Crippen molar-refractivity contribution < 1.29 is 19.1 Å². The van der Waals surface area contributed by atoms with Crippen LogP contribution < -0.4 is 15.4 Å². The number of amides is 2. The Morgan fingerprint density at radius 2 is 2.00 bits per heavy atom. The maximum Gasteiger partial charge on any atom is 0.407 e. The summed E-state index contributed by atoms with van der Waals surface area (Å²) in [4.78, 5) is 23.1. The van der Waals surface area contributed by atoms with E-state index in [0.29, 0.717) is 18.0 Å². The van der Waals surface area contributed by atoms with Crippen LogP contribution in [0.3, 0.4) is 0 Å². The van der Waals surface area contributed by atoms with Crippen molar-refractivity contribution in [2.45, 2.75) is 20.8 Å². The molecule has 0 aliphatic rings. The second-order valence-corrected chi connectivity index (χ2v) is 5.10. The Hall–Kier alpha value is -2.24. The first-order valence-electron chi connectivity index (χ1n) is 6.77. The van der Waals surface area contributed by atoms with Crippen molar-refractivity contribution in [2.24, 2.45) is 5.92 Å². The average Bonchev–Trinajstić information content (AvgIpc) is 2.43. The number of nitrogens with one attached hydrogen (secondary N) is 2. The van der Waals surface area contributed by atoms with E-state index in [4.69, 9.17) is 9.47 Å². The Morgan fingerprint density at radius 1 is 1.29 bits per heavy atom. The molecule has 0 heterocycles. The highest BCUT2D eigenvalue weighted by Gasteiger charge is 2.10. The zero-order valence-electron chi connectivity index (χ0n) is 12.9. The molecule has 6 nitrogen and oxygen atoms in total. The maximum atomic E-state index is 11.8. The molecule has 0 spiro atoms. The number of aryl methyl sites for hydroxylation is 1. The first-order valence-corrected chi connectivity index (χ1v) is 6.77. The lowest BCUT2D eigenvalue weighted by atomic mass is 10.2. The summed E-state index contributed by atoms with van der Waals surface area (Å²) in [6.07, 6.45) is -0.602. The number of rotatable bonds is 6. The Balaban J connectivity index is 2.47. The van der Waals surface area contributed by atoms with Gasteiger partial charge >= 0.3 is 6.09 Å². The molecule has 0 aliphatic heterocycles. The molecule has 0 saturated carbocycles. The summed E-state index contributed by atoms with van der Waals surface area (Å²) in [7, 11) is 1.53. The Bertz CT molecular complexity index is 500. The van der Waals surface area contributed by atoms with Gasteiger partial charge in [0.25, 0.3) is 0 Å². The number of anilines is 1. The molecule has 6 heteroatoms. The SMILES string of the molecule is COc1ccc(C)cc1NC(=O)CNC(=O)OCC(C)C. The minimum atomic E-state index is -0.602. The topological polar surface area (TPSA) is 76.7 Å². The van der Waals surface area contributed by atoms with Crippen LogP contribution >= 0.6 is 0 Å². The van der Waals surface area contributed by atoms with Crippen LogP contribution in [0.15, 0.2) is 18.2 Å². The molecule has 0 bridgehead atoms. The molecule has 0 aromatic heterocycles. The van der Waals surface area contributed by atoms with Crippen LogP contribution in [0, 0.1) is 12.8 Å². The highest BCUT2D eigenvalue weighted by atomic mass is 16.5. The Kier molecular flexibility index (Phi) is 6.52. The van der Waals surface area contributed by atoms with Gasteiger partial charge in [0, 0.05) is 0 Å². The van der Waals surface area contributed by atoms with Crippen LogP contribution in [0.1, 0.15) is 19.4 Å². The first-order chi connectivity index (χ1) is 9.92. The van der Waals surface area contributed by atoms with Gasteiger partial charge in [0.15, 0.2) is 0 Å². The molecule has 2 N–H and O–H groups in total. The average molecular weight is 294 g/mol. The largest absolute Gasteiger partial charge is 0.495 e. The maximum absolute atomic E-state index is 11.8. The lowest BCUT2D eigenvalue weighted by molar-refractivity contribution is -0.115. The van der Waals surface area contributed by atoms with Gasteiger partial charge in [-0.25, -0.2) is 4.79 Å². The van der Waals surface area contributed by atoms with E-state index < -0.39 is 6.09 Å². The molecule has 0 radical (unpaired) electrons. The van der Waals surface area contributed by atoms with Crippen molar-refractivity contribution in [1.29, 1.82) is 0 Å². The van der Waals surface area contributed by atoms with Crippen LogP contribution in [-0.4, -0.2) is 32.3 Å². The van der Waals surface area contributed by atoms with E-state index in [1.807, 2.05) is 26.8 Å². The van der Waals surface area contributed by atoms with Crippen LogP contribution in [0.5, 0.6) is 5.75 Å². The smallest absolute Gasteiger partial charge is 0.407 e. The third kappa shape index (κ3) is 6.16. The summed E-state index contributed by atoms with van der Waals surface area (Å²) >= 11 is 0. The van der Waals surface area contributed by atoms with Gasteiger partial charge in [0.1, 0.15) is 12.3 Å². The van der Waals surface area contributed by atoms with Crippen LogP contribution in [0.2, 0.25) is 0 Å². The van der Waals surface area contributed by atoms with Gasteiger partial charge in [-0.05, 0) is 30.5 Å². The third-order valence-electron chi connectivity index (χ3n) is 2.57. The summed E-state index contributed by atoms with van der Waals surface area (Å²) in [5.41, 5.74) is 1.57. The third-order valence-corrected chi connectivity index (χ3v) is 2.57. The van der Waals surface area contributed by atoms with Crippen molar-refractivity contribution in [1.82, 2.24) is 5.32 Å². The molecule has 0 unspecified atom stereocenters. The van der Waals surface area contributed by atoms with E-state index in [1.165, 1.54) is 7.11 Å². The van der Waals surface area contributed by atoms with Crippen molar-refractivity contribution in [3.8, 4) is 5.75 Å². The van der Waals surface area contributed by atoms with Crippen LogP contribution in [-0.2, 0) is 9.53 Å². The van der Waals surface area contributed by atoms with Crippen LogP contribution in [0.25, 0.3) is 0 Å². The van der Waals surface area contributed by atoms with Gasteiger partial charge in [-0.2, -0.15) is 0 Å². The molecule has 116 valence electrons. The quantitative estimate of drug-likeness (QED) is 0.844. The summed E-state index contributed by atoms with van der Waals surface area (Å²) < 4.78 is 10.1. The molecule has 0 atom stereocenters. The lowest BCUT2D eigenvalue weighted by Gasteiger charge is -2.12. The molecule has 0 fully saturated rings. The monoisotopic (exact) mass is 294 g/mol. The van der Waals surface area contributed by atoms with Crippen molar-refractivity contribution in [3.05, 3.63) is 23.8 Å².